The largest absolute Gasteiger partial charge is 0.465 e. The number of carbonyl (C=O) groups is 2. The summed E-state index contributed by atoms with van der Waals surface area (Å²) in [6.07, 6.45) is 4.57. The molecule has 0 saturated heterocycles. The number of halogens is 4. The van der Waals surface area contributed by atoms with Gasteiger partial charge >= 0.3 is 5.97 Å². The molecule has 0 radical (unpaired) electrons. The quantitative estimate of drug-likeness (QED) is 0.265. The summed E-state index contributed by atoms with van der Waals surface area (Å²) < 4.78 is 33.3. The summed E-state index contributed by atoms with van der Waals surface area (Å²) in [5.74, 6) is -3.66. The first-order valence-electron chi connectivity index (χ1n) is 12.7. The van der Waals surface area contributed by atoms with Gasteiger partial charge in [-0.05, 0) is 54.7 Å². The second-order valence-corrected chi connectivity index (χ2v) is 10.8. The van der Waals surface area contributed by atoms with Crippen molar-refractivity contribution in [2.45, 2.75) is 37.8 Å². The molecule has 39 heavy (non-hydrogen) atoms. The Hall–Kier alpha value is -3.36. The summed E-state index contributed by atoms with van der Waals surface area (Å²) in [4.78, 5) is 26.2. The van der Waals surface area contributed by atoms with Crippen molar-refractivity contribution in [2.75, 3.05) is 23.1 Å². The highest BCUT2D eigenvalue weighted by atomic mass is 35.5. The average molecular weight is 574 g/mol. The SMILES string of the molecule is COC(=O)c1ccc(NC(=O)C(C2CCCCC2)C2(c3ccc(Cl)cc3)Nc3cc(F)c(F)cc3N2)c(Cl)c1. The van der Waals surface area contributed by atoms with Crippen molar-refractivity contribution in [2.24, 2.45) is 11.8 Å². The molecular weight excluding hydrogens is 547 g/mol. The minimum atomic E-state index is -1.24. The van der Waals surface area contributed by atoms with E-state index in [0.29, 0.717) is 27.6 Å². The molecule has 1 fully saturated rings. The van der Waals surface area contributed by atoms with Crippen LogP contribution >= 0.6 is 23.2 Å². The third-order valence-corrected chi connectivity index (χ3v) is 8.11. The van der Waals surface area contributed by atoms with Crippen LogP contribution in [0.15, 0.2) is 54.6 Å². The minimum Gasteiger partial charge on any atom is -0.465 e. The van der Waals surface area contributed by atoms with Gasteiger partial charge in [0.15, 0.2) is 11.6 Å². The van der Waals surface area contributed by atoms with Crippen LogP contribution in [0.4, 0.5) is 25.8 Å². The van der Waals surface area contributed by atoms with Crippen LogP contribution < -0.4 is 16.0 Å². The molecule has 1 heterocycles. The molecule has 6 nitrogen and oxygen atoms in total. The summed E-state index contributed by atoms with van der Waals surface area (Å²) >= 11 is 12.6. The monoisotopic (exact) mass is 573 g/mol. The van der Waals surface area contributed by atoms with Gasteiger partial charge in [-0.2, -0.15) is 0 Å². The zero-order valence-electron chi connectivity index (χ0n) is 21.1. The van der Waals surface area contributed by atoms with Crippen molar-refractivity contribution < 1.29 is 23.1 Å². The molecule has 1 unspecified atom stereocenters. The van der Waals surface area contributed by atoms with Crippen LogP contribution in [0.3, 0.4) is 0 Å². The van der Waals surface area contributed by atoms with Crippen molar-refractivity contribution in [3.63, 3.8) is 0 Å². The highest BCUT2D eigenvalue weighted by Crippen LogP contribution is 2.49. The summed E-state index contributed by atoms with van der Waals surface area (Å²) in [6, 6.07) is 13.7. The van der Waals surface area contributed by atoms with Crippen LogP contribution in [0.1, 0.15) is 48.0 Å². The fourth-order valence-electron chi connectivity index (χ4n) is 5.71. The molecule has 0 aromatic heterocycles. The van der Waals surface area contributed by atoms with Crippen molar-refractivity contribution in [3.05, 3.63) is 87.4 Å². The van der Waals surface area contributed by atoms with Gasteiger partial charge in [-0.3, -0.25) is 4.79 Å². The molecule has 5 rings (SSSR count). The second-order valence-electron chi connectivity index (χ2n) is 9.93. The van der Waals surface area contributed by atoms with E-state index in [4.69, 9.17) is 27.9 Å². The van der Waals surface area contributed by atoms with Gasteiger partial charge in [-0.25, -0.2) is 13.6 Å². The highest BCUT2D eigenvalue weighted by molar-refractivity contribution is 6.34. The Labute approximate surface area is 235 Å². The number of hydrogen-bond donors (Lipinski definition) is 3. The van der Waals surface area contributed by atoms with E-state index in [1.807, 2.05) is 0 Å². The van der Waals surface area contributed by atoms with Gasteiger partial charge in [-0.1, -0.05) is 54.6 Å². The molecule has 1 amide bonds. The number of benzene rings is 3. The molecule has 204 valence electrons. The normalized spacial score (nSPS) is 16.9. The molecule has 0 spiro atoms. The number of methoxy groups -OCH3 is 1. The molecular formula is C29H27Cl2F2N3O3. The number of rotatable bonds is 6. The maximum absolute atomic E-state index is 14.3. The van der Waals surface area contributed by atoms with Crippen LogP contribution in [-0.2, 0) is 15.2 Å². The lowest BCUT2D eigenvalue weighted by Gasteiger charge is -2.43. The fourth-order valence-corrected chi connectivity index (χ4v) is 6.06. The molecule has 3 aromatic carbocycles. The number of nitrogens with one attached hydrogen (secondary N) is 3. The molecule has 2 aliphatic rings. The van der Waals surface area contributed by atoms with Crippen LogP contribution in [0, 0.1) is 23.5 Å². The third-order valence-electron chi connectivity index (χ3n) is 7.54. The van der Waals surface area contributed by atoms with Crippen LogP contribution in [0.2, 0.25) is 10.0 Å². The third kappa shape index (κ3) is 5.28. The van der Waals surface area contributed by atoms with Crippen LogP contribution in [-0.4, -0.2) is 19.0 Å². The van der Waals surface area contributed by atoms with E-state index >= 15 is 0 Å². The van der Waals surface area contributed by atoms with Crippen molar-refractivity contribution in [3.8, 4) is 0 Å². The predicted molar refractivity (Wildman–Crippen MR) is 148 cm³/mol. The molecule has 3 N–H and O–H groups in total. The maximum atomic E-state index is 14.3. The molecule has 1 aliphatic carbocycles. The van der Waals surface area contributed by atoms with Crippen LogP contribution in [0.25, 0.3) is 0 Å². The van der Waals surface area contributed by atoms with Crippen molar-refractivity contribution in [1.82, 2.24) is 0 Å². The summed E-state index contributed by atoms with van der Waals surface area (Å²) in [5, 5.41) is 10.3. The number of fused-ring (bicyclic) bond motifs is 1. The lowest BCUT2D eigenvalue weighted by Crippen LogP contribution is -2.54. The highest BCUT2D eigenvalue weighted by Gasteiger charge is 2.52. The smallest absolute Gasteiger partial charge is 0.337 e. The van der Waals surface area contributed by atoms with Crippen molar-refractivity contribution in [1.29, 1.82) is 0 Å². The van der Waals surface area contributed by atoms with E-state index in [1.165, 1.54) is 19.2 Å². The lowest BCUT2D eigenvalue weighted by molar-refractivity contribution is -0.124. The first-order chi connectivity index (χ1) is 18.7. The van der Waals surface area contributed by atoms with E-state index in [0.717, 1.165) is 44.2 Å². The Balaban J connectivity index is 1.59. The lowest BCUT2D eigenvalue weighted by atomic mass is 9.71. The molecule has 1 saturated carbocycles. The number of hydrogen-bond acceptors (Lipinski definition) is 5. The average Bonchev–Trinajstić information content (AvgIpc) is 3.29. The van der Waals surface area contributed by atoms with Gasteiger partial charge in [0.25, 0.3) is 0 Å². The zero-order valence-corrected chi connectivity index (χ0v) is 22.6. The minimum absolute atomic E-state index is 0.0634. The topological polar surface area (TPSA) is 79.5 Å². The maximum Gasteiger partial charge on any atom is 0.337 e. The number of carbonyl (C=O) groups excluding carboxylic acids is 2. The number of anilines is 3. The summed E-state index contributed by atoms with van der Waals surface area (Å²) in [7, 11) is 1.27. The second kappa shape index (κ2) is 11.0. The number of ether oxygens (including phenoxy) is 1. The Kier molecular flexibility index (Phi) is 7.69. The van der Waals surface area contributed by atoms with Gasteiger partial charge in [0.05, 0.1) is 40.7 Å². The predicted octanol–water partition coefficient (Wildman–Crippen LogP) is 7.58. The first-order valence-corrected chi connectivity index (χ1v) is 13.5. The first kappa shape index (κ1) is 27.2. The van der Waals surface area contributed by atoms with E-state index in [-0.39, 0.29) is 22.4 Å². The molecule has 0 bridgehead atoms. The summed E-state index contributed by atoms with van der Waals surface area (Å²) in [5.41, 5.74) is 0.713. The van der Waals surface area contributed by atoms with Crippen molar-refractivity contribution >= 4 is 52.1 Å². The van der Waals surface area contributed by atoms with Gasteiger partial charge in [-0.15, -0.1) is 0 Å². The van der Waals surface area contributed by atoms with Gasteiger partial charge in [0.1, 0.15) is 5.66 Å². The fraction of sp³-hybridized carbons (Fsp3) is 0.310. The summed E-state index contributed by atoms with van der Waals surface area (Å²) in [6.45, 7) is 0. The Morgan fingerprint density at radius 1 is 0.949 bits per heavy atom. The van der Waals surface area contributed by atoms with E-state index in [1.54, 1.807) is 30.3 Å². The number of esters is 1. The molecule has 1 atom stereocenters. The molecule has 3 aromatic rings. The van der Waals surface area contributed by atoms with Gasteiger partial charge in [0, 0.05) is 17.2 Å². The Morgan fingerprint density at radius 3 is 2.13 bits per heavy atom. The molecule has 10 heteroatoms. The zero-order chi connectivity index (χ0) is 27.7. The van der Waals surface area contributed by atoms with E-state index in [9.17, 15) is 18.4 Å². The van der Waals surface area contributed by atoms with Gasteiger partial charge < -0.3 is 20.7 Å². The van der Waals surface area contributed by atoms with Gasteiger partial charge in [0.2, 0.25) is 5.91 Å². The number of amides is 1. The Morgan fingerprint density at radius 2 is 1.56 bits per heavy atom. The standard InChI is InChI=1S/C29H27Cl2F2N3O3/c1-39-28(38)17-7-12-23(20(31)13-17)34-27(37)26(16-5-3-2-4-6-16)29(18-8-10-19(30)11-9-18)35-24-14-21(32)22(33)15-25(24)36-29/h7-16,26,35-36H,2-6H2,1H3,(H,34,37). The van der Waals surface area contributed by atoms with E-state index < -0.39 is 29.2 Å². The Bertz CT molecular complexity index is 1380. The van der Waals surface area contributed by atoms with Crippen LogP contribution in [0.5, 0.6) is 0 Å². The molecule has 1 aliphatic heterocycles. The van der Waals surface area contributed by atoms with E-state index in [2.05, 4.69) is 16.0 Å².